The fraction of sp³-hybridized carbons (Fsp3) is 0.167. The highest BCUT2D eigenvalue weighted by atomic mass is 32.2. The van der Waals surface area contributed by atoms with E-state index < -0.39 is 0 Å². The van der Waals surface area contributed by atoms with Crippen molar-refractivity contribution < 1.29 is 8.83 Å². The van der Waals surface area contributed by atoms with E-state index in [2.05, 4.69) is 15.2 Å². The maximum absolute atomic E-state index is 12.2. The van der Waals surface area contributed by atoms with Crippen LogP contribution in [0.25, 0.3) is 22.4 Å². The summed E-state index contributed by atoms with van der Waals surface area (Å²) in [6, 6.07) is 13.2. The van der Waals surface area contributed by atoms with Crippen LogP contribution in [0.2, 0.25) is 0 Å². The summed E-state index contributed by atoms with van der Waals surface area (Å²) in [5, 5.41) is 10.5. The molecule has 0 N–H and O–H groups in total. The lowest BCUT2D eigenvalue weighted by Crippen LogP contribution is -2.04. The molecular formula is C24H20N4O3S. The number of pyridine rings is 1. The van der Waals surface area contributed by atoms with Gasteiger partial charge in [0.15, 0.2) is 11.0 Å². The first-order valence-corrected chi connectivity index (χ1v) is 11.1. The molecule has 0 aliphatic heterocycles. The van der Waals surface area contributed by atoms with E-state index in [0.717, 1.165) is 38.6 Å². The number of thioether (sulfide) groups is 1. The van der Waals surface area contributed by atoms with Crippen LogP contribution in [0.5, 0.6) is 0 Å². The van der Waals surface area contributed by atoms with Crippen LogP contribution < -0.4 is 5.63 Å². The van der Waals surface area contributed by atoms with Crippen molar-refractivity contribution in [3.63, 3.8) is 0 Å². The molecule has 0 amide bonds. The molecule has 0 saturated carbocycles. The lowest BCUT2D eigenvalue weighted by molar-refractivity contribution is 0.485. The van der Waals surface area contributed by atoms with Crippen LogP contribution in [0.15, 0.2) is 79.9 Å². The van der Waals surface area contributed by atoms with E-state index in [1.165, 1.54) is 11.8 Å². The maximum atomic E-state index is 12.2. The van der Waals surface area contributed by atoms with Gasteiger partial charge in [-0.25, -0.2) is 4.79 Å². The van der Waals surface area contributed by atoms with Gasteiger partial charge in [0.2, 0.25) is 0 Å². The SMILES string of the molecule is Cc1ccc2c(CSc3nnc(-c4cccnc4)n3Cc3ccco3)cc(=O)oc2c1C. The summed E-state index contributed by atoms with van der Waals surface area (Å²) in [5.41, 5.74) is 4.13. The Balaban J connectivity index is 1.52. The summed E-state index contributed by atoms with van der Waals surface area (Å²) in [5.74, 6) is 2.06. The number of fused-ring (bicyclic) bond motifs is 1. The zero-order valence-corrected chi connectivity index (χ0v) is 18.4. The van der Waals surface area contributed by atoms with Crippen molar-refractivity contribution in [3.05, 3.63) is 94.0 Å². The topological polar surface area (TPSA) is 87.0 Å². The first-order chi connectivity index (χ1) is 15.6. The smallest absolute Gasteiger partial charge is 0.336 e. The van der Waals surface area contributed by atoms with Gasteiger partial charge >= 0.3 is 5.63 Å². The largest absolute Gasteiger partial charge is 0.467 e. The van der Waals surface area contributed by atoms with Crippen LogP contribution >= 0.6 is 11.8 Å². The lowest BCUT2D eigenvalue weighted by Gasteiger charge is -2.10. The Morgan fingerprint density at radius 1 is 1.09 bits per heavy atom. The van der Waals surface area contributed by atoms with E-state index in [9.17, 15) is 4.79 Å². The van der Waals surface area contributed by atoms with Crippen molar-refractivity contribution in [2.24, 2.45) is 0 Å². The van der Waals surface area contributed by atoms with Crippen molar-refractivity contribution in [1.29, 1.82) is 0 Å². The fourth-order valence-corrected chi connectivity index (χ4v) is 4.52. The Morgan fingerprint density at radius 2 is 2.00 bits per heavy atom. The Labute approximate surface area is 188 Å². The molecule has 4 aromatic heterocycles. The average Bonchev–Trinajstić information content (AvgIpc) is 3.46. The van der Waals surface area contributed by atoms with Gasteiger partial charge in [0.1, 0.15) is 11.3 Å². The quantitative estimate of drug-likeness (QED) is 0.269. The number of aryl methyl sites for hydroxylation is 2. The van der Waals surface area contributed by atoms with Crippen molar-refractivity contribution in [3.8, 4) is 11.4 Å². The third-order valence-corrected chi connectivity index (χ3v) is 6.42. The number of furan rings is 1. The number of hydrogen-bond acceptors (Lipinski definition) is 7. The highest BCUT2D eigenvalue weighted by molar-refractivity contribution is 7.98. The van der Waals surface area contributed by atoms with E-state index in [1.54, 1.807) is 24.7 Å². The second-order valence-electron chi connectivity index (χ2n) is 7.48. The van der Waals surface area contributed by atoms with E-state index in [0.29, 0.717) is 23.7 Å². The Bertz CT molecular complexity index is 1440. The van der Waals surface area contributed by atoms with Crippen LogP contribution in [0.1, 0.15) is 22.5 Å². The van der Waals surface area contributed by atoms with Gasteiger partial charge in [-0.15, -0.1) is 10.2 Å². The molecule has 1 aromatic carbocycles. The van der Waals surface area contributed by atoms with Gasteiger partial charge in [-0.1, -0.05) is 23.9 Å². The first-order valence-electron chi connectivity index (χ1n) is 10.1. The van der Waals surface area contributed by atoms with Crippen molar-refractivity contribution in [1.82, 2.24) is 19.7 Å². The molecule has 0 bridgehead atoms. The van der Waals surface area contributed by atoms with Crippen molar-refractivity contribution >= 4 is 22.7 Å². The zero-order chi connectivity index (χ0) is 22.1. The van der Waals surface area contributed by atoms with Gasteiger partial charge in [0.25, 0.3) is 0 Å². The third kappa shape index (κ3) is 3.85. The predicted octanol–water partition coefficient (Wildman–Crippen LogP) is 5.00. The van der Waals surface area contributed by atoms with Gasteiger partial charge in [-0.3, -0.25) is 9.55 Å². The zero-order valence-electron chi connectivity index (χ0n) is 17.6. The van der Waals surface area contributed by atoms with Gasteiger partial charge < -0.3 is 8.83 Å². The Kier molecular flexibility index (Phi) is 5.36. The standard InChI is InChI=1S/C24H20N4O3S/c1-15-7-8-20-18(11-21(29)31-22(20)16(15)2)14-32-24-27-26-23(17-5-3-9-25-12-17)28(24)13-19-6-4-10-30-19/h3-12H,13-14H2,1-2H3. The minimum Gasteiger partial charge on any atom is -0.467 e. The fourth-order valence-electron chi connectivity index (χ4n) is 3.59. The molecule has 0 saturated heterocycles. The highest BCUT2D eigenvalue weighted by Gasteiger charge is 2.17. The summed E-state index contributed by atoms with van der Waals surface area (Å²) < 4.78 is 13.1. The summed E-state index contributed by atoms with van der Waals surface area (Å²) in [7, 11) is 0. The lowest BCUT2D eigenvalue weighted by atomic mass is 10.0. The molecule has 32 heavy (non-hydrogen) atoms. The van der Waals surface area contributed by atoms with Crippen molar-refractivity contribution in [2.75, 3.05) is 0 Å². The highest BCUT2D eigenvalue weighted by Crippen LogP contribution is 2.30. The van der Waals surface area contributed by atoms with E-state index in [1.807, 2.05) is 54.8 Å². The average molecular weight is 445 g/mol. The third-order valence-electron chi connectivity index (χ3n) is 5.40. The van der Waals surface area contributed by atoms with Crippen molar-refractivity contribution in [2.45, 2.75) is 31.3 Å². The molecule has 5 rings (SSSR count). The van der Waals surface area contributed by atoms with Gasteiger partial charge in [0.05, 0.1) is 12.8 Å². The van der Waals surface area contributed by atoms with E-state index in [4.69, 9.17) is 8.83 Å². The summed E-state index contributed by atoms with van der Waals surface area (Å²) in [4.78, 5) is 16.4. The second kappa shape index (κ2) is 8.47. The molecule has 0 atom stereocenters. The molecule has 5 aromatic rings. The second-order valence-corrected chi connectivity index (χ2v) is 8.42. The van der Waals surface area contributed by atoms with Crippen LogP contribution in [-0.4, -0.2) is 19.7 Å². The summed E-state index contributed by atoms with van der Waals surface area (Å²) in [6.45, 7) is 4.47. The molecule has 0 aliphatic rings. The molecule has 0 radical (unpaired) electrons. The summed E-state index contributed by atoms with van der Waals surface area (Å²) in [6.07, 6.45) is 5.14. The van der Waals surface area contributed by atoms with E-state index >= 15 is 0 Å². The molecule has 160 valence electrons. The first kappa shape index (κ1) is 20.3. The number of nitrogens with zero attached hydrogens (tertiary/aromatic N) is 4. The van der Waals surface area contributed by atoms with Gasteiger partial charge in [0, 0.05) is 35.2 Å². The molecular weight excluding hydrogens is 424 g/mol. The van der Waals surface area contributed by atoms with Crippen LogP contribution in [0, 0.1) is 13.8 Å². The molecule has 8 heteroatoms. The molecule has 7 nitrogen and oxygen atoms in total. The van der Waals surface area contributed by atoms with Crippen LogP contribution in [-0.2, 0) is 12.3 Å². The molecule has 0 unspecified atom stereocenters. The number of aromatic nitrogens is 4. The van der Waals surface area contributed by atoms with Gasteiger partial charge in [-0.2, -0.15) is 0 Å². The minimum atomic E-state index is -0.352. The molecule has 0 fully saturated rings. The molecule has 0 aliphatic carbocycles. The van der Waals surface area contributed by atoms with Gasteiger partial charge in [-0.05, 0) is 54.8 Å². The Hall–Kier alpha value is -3.65. The number of hydrogen-bond donors (Lipinski definition) is 0. The monoisotopic (exact) mass is 444 g/mol. The number of benzene rings is 1. The summed E-state index contributed by atoms with van der Waals surface area (Å²) >= 11 is 1.52. The minimum absolute atomic E-state index is 0.352. The maximum Gasteiger partial charge on any atom is 0.336 e. The Morgan fingerprint density at radius 3 is 2.78 bits per heavy atom. The normalized spacial score (nSPS) is 11.3. The van der Waals surface area contributed by atoms with Crippen LogP contribution in [0.4, 0.5) is 0 Å². The van der Waals surface area contributed by atoms with E-state index in [-0.39, 0.29) is 5.63 Å². The molecule has 0 spiro atoms. The van der Waals surface area contributed by atoms with Crippen LogP contribution in [0.3, 0.4) is 0 Å². The molecule has 4 heterocycles. The predicted molar refractivity (Wildman–Crippen MR) is 123 cm³/mol. The number of rotatable bonds is 6.